The van der Waals surface area contributed by atoms with Crippen molar-refractivity contribution in [1.82, 2.24) is 10.2 Å². The van der Waals surface area contributed by atoms with Crippen LogP contribution in [0.1, 0.15) is 30.1 Å². The predicted octanol–water partition coefficient (Wildman–Crippen LogP) is 1.39. The van der Waals surface area contributed by atoms with Gasteiger partial charge in [0.2, 0.25) is 0 Å². The molecule has 7 nitrogen and oxygen atoms in total. The number of amides is 1. The average molecular weight is 292 g/mol. The predicted molar refractivity (Wildman–Crippen MR) is 80.1 cm³/mol. The SMILES string of the molecule is CCN1CCCC1CNC(=O)c1ccc(N)c([N+](=O)[O-])c1. The molecular formula is C14H20N4O3. The van der Waals surface area contributed by atoms with Gasteiger partial charge in [-0.25, -0.2) is 0 Å². The molecule has 1 unspecified atom stereocenters. The number of nitrogens with two attached hydrogens (primary N) is 1. The number of nitrogens with zero attached hydrogens (tertiary/aromatic N) is 2. The highest BCUT2D eigenvalue weighted by molar-refractivity contribution is 5.95. The number of hydrogen-bond acceptors (Lipinski definition) is 5. The summed E-state index contributed by atoms with van der Waals surface area (Å²) >= 11 is 0. The summed E-state index contributed by atoms with van der Waals surface area (Å²) in [5.41, 5.74) is 5.60. The van der Waals surface area contributed by atoms with Crippen molar-refractivity contribution < 1.29 is 9.72 Å². The first-order valence-electron chi connectivity index (χ1n) is 7.09. The molecule has 1 heterocycles. The Morgan fingerprint density at radius 1 is 1.57 bits per heavy atom. The molecule has 1 atom stereocenters. The molecule has 0 spiro atoms. The van der Waals surface area contributed by atoms with Crippen molar-refractivity contribution in [2.45, 2.75) is 25.8 Å². The topological polar surface area (TPSA) is 102 Å². The first-order valence-corrected chi connectivity index (χ1v) is 7.09. The van der Waals surface area contributed by atoms with Crippen LogP contribution in [0.4, 0.5) is 11.4 Å². The number of carbonyl (C=O) groups is 1. The molecule has 0 saturated carbocycles. The van der Waals surface area contributed by atoms with E-state index in [1.807, 2.05) is 0 Å². The molecule has 1 aliphatic heterocycles. The summed E-state index contributed by atoms with van der Waals surface area (Å²) in [4.78, 5) is 24.7. The fourth-order valence-corrected chi connectivity index (χ4v) is 2.70. The summed E-state index contributed by atoms with van der Waals surface area (Å²) in [5, 5.41) is 13.7. The molecule has 1 aromatic rings. The minimum atomic E-state index is -0.581. The lowest BCUT2D eigenvalue weighted by Gasteiger charge is -2.22. The van der Waals surface area contributed by atoms with E-state index < -0.39 is 4.92 Å². The molecule has 0 bridgehead atoms. The van der Waals surface area contributed by atoms with E-state index >= 15 is 0 Å². The van der Waals surface area contributed by atoms with Gasteiger partial charge in [0.15, 0.2) is 0 Å². The standard InChI is InChI=1S/C14H20N4O3/c1-2-17-7-3-4-11(17)9-16-14(19)10-5-6-12(15)13(8-10)18(20)21/h5-6,8,11H,2-4,7,9,15H2,1H3,(H,16,19). The maximum absolute atomic E-state index is 12.1. The number of hydrogen-bond donors (Lipinski definition) is 2. The first kappa shape index (κ1) is 15.2. The Labute approximate surface area is 123 Å². The quantitative estimate of drug-likeness (QED) is 0.485. The lowest BCUT2D eigenvalue weighted by molar-refractivity contribution is -0.383. The van der Waals surface area contributed by atoms with Crippen LogP contribution in [-0.2, 0) is 0 Å². The third kappa shape index (κ3) is 3.49. The zero-order valence-electron chi connectivity index (χ0n) is 12.0. The van der Waals surface area contributed by atoms with Gasteiger partial charge in [0.1, 0.15) is 5.69 Å². The normalized spacial score (nSPS) is 18.6. The van der Waals surface area contributed by atoms with Crippen LogP contribution in [0.15, 0.2) is 18.2 Å². The lowest BCUT2D eigenvalue weighted by atomic mass is 10.1. The van der Waals surface area contributed by atoms with E-state index in [1.54, 1.807) is 0 Å². The molecule has 2 rings (SSSR count). The van der Waals surface area contributed by atoms with Crippen molar-refractivity contribution in [1.29, 1.82) is 0 Å². The van der Waals surface area contributed by atoms with Crippen LogP contribution in [-0.4, -0.2) is 41.4 Å². The van der Waals surface area contributed by atoms with Gasteiger partial charge in [0.05, 0.1) is 4.92 Å². The van der Waals surface area contributed by atoms with Gasteiger partial charge in [-0.05, 0) is 38.1 Å². The van der Waals surface area contributed by atoms with Gasteiger partial charge in [0, 0.05) is 24.2 Å². The Bertz CT molecular complexity index is 547. The van der Waals surface area contributed by atoms with Crippen molar-refractivity contribution in [3.63, 3.8) is 0 Å². The fourth-order valence-electron chi connectivity index (χ4n) is 2.70. The molecule has 1 aliphatic rings. The van der Waals surface area contributed by atoms with E-state index in [-0.39, 0.29) is 22.8 Å². The lowest BCUT2D eigenvalue weighted by Crippen LogP contribution is -2.40. The summed E-state index contributed by atoms with van der Waals surface area (Å²) in [6.45, 7) is 4.69. The highest BCUT2D eigenvalue weighted by Crippen LogP contribution is 2.22. The van der Waals surface area contributed by atoms with E-state index in [2.05, 4.69) is 17.1 Å². The number of nitrogens with one attached hydrogen (secondary N) is 1. The Kier molecular flexibility index (Phi) is 4.74. The van der Waals surface area contributed by atoms with Crippen molar-refractivity contribution in [2.24, 2.45) is 0 Å². The number of nitro groups is 1. The molecule has 0 aliphatic carbocycles. The number of likely N-dealkylation sites (N-methyl/N-ethyl adjacent to an activating group) is 1. The summed E-state index contributed by atoms with van der Waals surface area (Å²) in [6.07, 6.45) is 2.21. The molecule has 1 saturated heterocycles. The van der Waals surface area contributed by atoms with Crippen molar-refractivity contribution in [3.05, 3.63) is 33.9 Å². The average Bonchev–Trinajstić information content (AvgIpc) is 2.92. The molecule has 7 heteroatoms. The number of nitrogen functional groups attached to an aromatic ring is 1. The van der Waals surface area contributed by atoms with Crippen molar-refractivity contribution in [3.8, 4) is 0 Å². The first-order chi connectivity index (χ1) is 10.0. The van der Waals surface area contributed by atoms with Crippen LogP contribution in [0.2, 0.25) is 0 Å². The Hall–Kier alpha value is -2.15. The fraction of sp³-hybridized carbons (Fsp3) is 0.500. The largest absolute Gasteiger partial charge is 0.393 e. The maximum Gasteiger partial charge on any atom is 0.292 e. The summed E-state index contributed by atoms with van der Waals surface area (Å²) in [5.74, 6) is -0.305. The van der Waals surface area contributed by atoms with E-state index in [4.69, 9.17) is 5.73 Å². The number of nitro benzene ring substituents is 1. The van der Waals surface area contributed by atoms with Gasteiger partial charge in [-0.1, -0.05) is 6.92 Å². The number of carbonyl (C=O) groups excluding carboxylic acids is 1. The number of likely N-dealkylation sites (tertiary alicyclic amines) is 1. The second-order valence-electron chi connectivity index (χ2n) is 5.17. The van der Waals surface area contributed by atoms with Gasteiger partial charge < -0.3 is 11.1 Å². The smallest absolute Gasteiger partial charge is 0.292 e. The number of benzene rings is 1. The molecule has 114 valence electrons. The Balaban J connectivity index is 2.00. The van der Waals surface area contributed by atoms with Crippen LogP contribution >= 0.6 is 0 Å². The zero-order chi connectivity index (χ0) is 15.4. The minimum Gasteiger partial charge on any atom is -0.393 e. The zero-order valence-corrected chi connectivity index (χ0v) is 12.0. The third-order valence-electron chi connectivity index (χ3n) is 3.89. The molecule has 1 aromatic carbocycles. The second kappa shape index (κ2) is 6.53. The summed E-state index contributed by atoms with van der Waals surface area (Å²) < 4.78 is 0. The van der Waals surface area contributed by atoms with Crippen molar-refractivity contribution >= 4 is 17.3 Å². The minimum absolute atomic E-state index is 0.0597. The van der Waals surface area contributed by atoms with Gasteiger partial charge >= 0.3 is 0 Å². The molecule has 1 amide bonds. The van der Waals surface area contributed by atoms with Crippen LogP contribution in [0.3, 0.4) is 0 Å². The van der Waals surface area contributed by atoms with E-state index in [0.29, 0.717) is 12.6 Å². The van der Waals surface area contributed by atoms with Crippen LogP contribution in [0, 0.1) is 10.1 Å². The van der Waals surface area contributed by atoms with Crippen molar-refractivity contribution in [2.75, 3.05) is 25.4 Å². The van der Waals surface area contributed by atoms with Gasteiger partial charge in [-0.15, -0.1) is 0 Å². The summed E-state index contributed by atoms with van der Waals surface area (Å²) in [6, 6.07) is 4.46. The maximum atomic E-state index is 12.1. The molecule has 21 heavy (non-hydrogen) atoms. The Morgan fingerprint density at radius 2 is 2.33 bits per heavy atom. The Morgan fingerprint density at radius 3 is 3.00 bits per heavy atom. The van der Waals surface area contributed by atoms with E-state index in [1.165, 1.54) is 18.2 Å². The molecule has 0 aromatic heterocycles. The van der Waals surface area contributed by atoms with Crippen LogP contribution in [0.25, 0.3) is 0 Å². The number of anilines is 1. The molecule has 1 fully saturated rings. The van der Waals surface area contributed by atoms with Gasteiger partial charge in [0.25, 0.3) is 11.6 Å². The van der Waals surface area contributed by atoms with Gasteiger partial charge in [-0.2, -0.15) is 0 Å². The number of rotatable bonds is 5. The highest BCUT2D eigenvalue weighted by atomic mass is 16.6. The van der Waals surface area contributed by atoms with Crippen LogP contribution in [0.5, 0.6) is 0 Å². The molecule has 3 N–H and O–H groups in total. The molecular weight excluding hydrogens is 272 g/mol. The third-order valence-corrected chi connectivity index (χ3v) is 3.89. The summed E-state index contributed by atoms with van der Waals surface area (Å²) in [7, 11) is 0. The highest BCUT2D eigenvalue weighted by Gasteiger charge is 2.23. The monoisotopic (exact) mass is 292 g/mol. The van der Waals surface area contributed by atoms with E-state index in [9.17, 15) is 14.9 Å². The second-order valence-corrected chi connectivity index (χ2v) is 5.17. The van der Waals surface area contributed by atoms with E-state index in [0.717, 1.165) is 25.9 Å². The van der Waals surface area contributed by atoms with Crippen LogP contribution < -0.4 is 11.1 Å². The van der Waals surface area contributed by atoms with Gasteiger partial charge in [-0.3, -0.25) is 19.8 Å². The molecule has 0 radical (unpaired) electrons.